The zero-order valence-electron chi connectivity index (χ0n) is 11.3. The third-order valence-corrected chi connectivity index (χ3v) is 3.81. The summed E-state index contributed by atoms with van der Waals surface area (Å²) in [5.41, 5.74) is 0.361. The lowest BCUT2D eigenvalue weighted by Crippen LogP contribution is -2.40. The largest absolute Gasteiger partial charge is 0.396 e. The Morgan fingerprint density at radius 1 is 1.45 bits per heavy atom. The fraction of sp³-hybridized carbons (Fsp3) is 0.571. The Morgan fingerprint density at radius 3 is 2.75 bits per heavy atom. The minimum Gasteiger partial charge on any atom is -0.396 e. The van der Waals surface area contributed by atoms with Crippen LogP contribution in [-0.2, 0) is 6.54 Å². The monoisotopic (exact) mass is 282 g/mol. The summed E-state index contributed by atoms with van der Waals surface area (Å²) in [6.45, 7) is 1.13. The number of aliphatic hydroxyl groups is 1. The first-order valence-corrected chi connectivity index (χ1v) is 6.89. The molecule has 6 heteroatoms. The van der Waals surface area contributed by atoms with E-state index >= 15 is 0 Å². The molecule has 0 spiro atoms. The van der Waals surface area contributed by atoms with Crippen LogP contribution in [0.15, 0.2) is 18.2 Å². The molecule has 1 aliphatic carbocycles. The van der Waals surface area contributed by atoms with Crippen LogP contribution in [0.3, 0.4) is 0 Å². The van der Waals surface area contributed by atoms with Gasteiger partial charge in [-0.1, -0.05) is 6.42 Å². The molecule has 0 atom stereocenters. The van der Waals surface area contributed by atoms with Crippen LogP contribution in [-0.4, -0.2) is 34.1 Å². The van der Waals surface area contributed by atoms with E-state index in [1.165, 1.54) is 12.1 Å². The van der Waals surface area contributed by atoms with E-state index in [1.54, 1.807) is 0 Å². The highest BCUT2D eigenvalue weighted by Gasteiger charge is 2.26. The van der Waals surface area contributed by atoms with Crippen LogP contribution >= 0.6 is 0 Å². The Kier molecular flexibility index (Phi) is 5.03. The SMILES string of the molecule is O=[N+]([O-])c1ccc(F)cc1CN(CCCO)C1CCC1. The molecule has 0 aromatic heterocycles. The summed E-state index contributed by atoms with van der Waals surface area (Å²) < 4.78 is 13.3. The minimum atomic E-state index is -0.472. The van der Waals surface area contributed by atoms with Crippen molar-refractivity contribution in [3.63, 3.8) is 0 Å². The van der Waals surface area contributed by atoms with E-state index in [9.17, 15) is 14.5 Å². The predicted octanol–water partition coefficient (Wildman–Crippen LogP) is 2.47. The van der Waals surface area contributed by atoms with Gasteiger partial charge in [-0.3, -0.25) is 15.0 Å². The van der Waals surface area contributed by atoms with Crippen molar-refractivity contribution in [2.45, 2.75) is 38.3 Å². The van der Waals surface area contributed by atoms with Gasteiger partial charge in [0.05, 0.1) is 4.92 Å². The van der Waals surface area contributed by atoms with Crippen LogP contribution in [0.2, 0.25) is 0 Å². The van der Waals surface area contributed by atoms with Crippen molar-refractivity contribution in [3.05, 3.63) is 39.7 Å². The molecular weight excluding hydrogens is 263 g/mol. The van der Waals surface area contributed by atoms with Crippen molar-refractivity contribution >= 4 is 5.69 Å². The summed E-state index contributed by atoms with van der Waals surface area (Å²) in [6.07, 6.45) is 3.91. The molecule has 1 aromatic rings. The maximum atomic E-state index is 13.3. The van der Waals surface area contributed by atoms with Crippen LogP contribution in [0.5, 0.6) is 0 Å². The van der Waals surface area contributed by atoms with Gasteiger partial charge in [-0.25, -0.2) is 4.39 Å². The molecule has 0 unspecified atom stereocenters. The van der Waals surface area contributed by atoms with Gasteiger partial charge in [0.15, 0.2) is 0 Å². The molecule has 2 rings (SSSR count). The summed E-state index contributed by atoms with van der Waals surface area (Å²) in [5.74, 6) is -0.457. The summed E-state index contributed by atoms with van der Waals surface area (Å²) in [7, 11) is 0. The summed E-state index contributed by atoms with van der Waals surface area (Å²) in [4.78, 5) is 12.6. The summed E-state index contributed by atoms with van der Waals surface area (Å²) in [5, 5.41) is 20.0. The molecule has 0 radical (unpaired) electrons. The van der Waals surface area contributed by atoms with Gasteiger partial charge >= 0.3 is 0 Å². The third-order valence-electron chi connectivity index (χ3n) is 3.81. The highest BCUT2D eigenvalue weighted by atomic mass is 19.1. The first-order chi connectivity index (χ1) is 9.61. The topological polar surface area (TPSA) is 66.6 Å². The van der Waals surface area contributed by atoms with E-state index in [2.05, 4.69) is 4.90 Å². The van der Waals surface area contributed by atoms with Crippen molar-refractivity contribution in [1.82, 2.24) is 4.90 Å². The number of rotatable bonds is 7. The molecule has 110 valence electrons. The molecule has 20 heavy (non-hydrogen) atoms. The van der Waals surface area contributed by atoms with E-state index in [1.807, 2.05) is 0 Å². The summed E-state index contributed by atoms with van der Waals surface area (Å²) >= 11 is 0. The maximum absolute atomic E-state index is 13.3. The zero-order valence-corrected chi connectivity index (χ0v) is 11.3. The molecule has 5 nitrogen and oxygen atoms in total. The Bertz CT molecular complexity index is 477. The number of nitrogens with zero attached hydrogens (tertiary/aromatic N) is 2. The molecule has 0 bridgehead atoms. The molecule has 1 saturated carbocycles. The van der Waals surface area contributed by atoms with Crippen molar-refractivity contribution in [3.8, 4) is 0 Å². The second kappa shape index (κ2) is 6.76. The number of nitro groups is 1. The molecule has 0 aliphatic heterocycles. The quantitative estimate of drug-likeness (QED) is 0.616. The van der Waals surface area contributed by atoms with E-state index < -0.39 is 10.7 Å². The van der Waals surface area contributed by atoms with Gasteiger partial charge in [0.2, 0.25) is 0 Å². The van der Waals surface area contributed by atoms with Crippen LogP contribution in [0.1, 0.15) is 31.2 Å². The highest BCUT2D eigenvalue weighted by Crippen LogP contribution is 2.29. The van der Waals surface area contributed by atoms with E-state index in [4.69, 9.17) is 5.11 Å². The van der Waals surface area contributed by atoms with Crippen LogP contribution in [0, 0.1) is 15.9 Å². The van der Waals surface area contributed by atoms with Gasteiger partial charge in [0.25, 0.3) is 5.69 Å². The molecule has 1 fully saturated rings. The first kappa shape index (κ1) is 14.9. The van der Waals surface area contributed by atoms with Gasteiger partial charge in [-0.2, -0.15) is 0 Å². The van der Waals surface area contributed by atoms with Crippen LogP contribution < -0.4 is 0 Å². The van der Waals surface area contributed by atoms with E-state index in [0.29, 0.717) is 31.1 Å². The van der Waals surface area contributed by atoms with Gasteiger partial charge in [0, 0.05) is 37.4 Å². The average Bonchev–Trinajstić information content (AvgIpc) is 2.33. The highest BCUT2D eigenvalue weighted by molar-refractivity contribution is 5.40. The number of aliphatic hydroxyl groups excluding tert-OH is 1. The van der Waals surface area contributed by atoms with Gasteiger partial charge in [-0.15, -0.1) is 0 Å². The molecule has 0 saturated heterocycles. The molecule has 1 aromatic carbocycles. The number of hydrogen-bond acceptors (Lipinski definition) is 4. The lowest BCUT2D eigenvalue weighted by Gasteiger charge is -2.37. The Hall–Kier alpha value is -1.53. The predicted molar refractivity (Wildman–Crippen MR) is 72.8 cm³/mol. The van der Waals surface area contributed by atoms with Crippen LogP contribution in [0.4, 0.5) is 10.1 Å². The first-order valence-electron chi connectivity index (χ1n) is 6.89. The average molecular weight is 282 g/mol. The third kappa shape index (κ3) is 3.52. The van der Waals surface area contributed by atoms with Gasteiger partial charge in [0.1, 0.15) is 5.82 Å². The smallest absolute Gasteiger partial charge is 0.274 e. The summed E-state index contributed by atoms with van der Waals surface area (Å²) in [6, 6.07) is 3.96. The lowest BCUT2D eigenvalue weighted by atomic mass is 9.91. The van der Waals surface area contributed by atoms with Crippen molar-refractivity contribution in [2.75, 3.05) is 13.2 Å². The van der Waals surface area contributed by atoms with Crippen molar-refractivity contribution < 1.29 is 14.4 Å². The van der Waals surface area contributed by atoms with Crippen molar-refractivity contribution in [2.24, 2.45) is 0 Å². The van der Waals surface area contributed by atoms with Gasteiger partial charge in [-0.05, 0) is 31.4 Å². The lowest BCUT2D eigenvalue weighted by molar-refractivity contribution is -0.385. The van der Waals surface area contributed by atoms with E-state index in [0.717, 1.165) is 25.3 Å². The Labute approximate surface area is 117 Å². The van der Waals surface area contributed by atoms with E-state index in [-0.39, 0.29) is 12.3 Å². The fourth-order valence-electron chi connectivity index (χ4n) is 2.49. The normalized spacial score (nSPS) is 15.3. The number of hydrogen-bond donors (Lipinski definition) is 1. The number of halogens is 1. The second-order valence-corrected chi connectivity index (χ2v) is 5.16. The Balaban J connectivity index is 2.16. The molecule has 0 amide bonds. The number of benzene rings is 1. The standard InChI is InChI=1S/C14H19FN2O3/c15-12-5-6-14(17(19)20)11(9-12)10-16(7-2-8-18)13-3-1-4-13/h5-6,9,13,18H,1-4,7-8,10H2. The van der Waals surface area contributed by atoms with Crippen molar-refractivity contribution in [1.29, 1.82) is 0 Å². The molecule has 0 heterocycles. The zero-order chi connectivity index (χ0) is 14.5. The minimum absolute atomic E-state index is 0.0419. The second-order valence-electron chi connectivity index (χ2n) is 5.16. The van der Waals surface area contributed by atoms with Gasteiger partial charge < -0.3 is 5.11 Å². The molecule has 1 aliphatic rings. The maximum Gasteiger partial charge on any atom is 0.274 e. The number of nitro benzene ring substituents is 1. The molecular formula is C14H19FN2O3. The Morgan fingerprint density at radius 2 is 2.20 bits per heavy atom. The van der Waals surface area contributed by atoms with Crippen LogP contribution in [0.25, 0.3) is 0 Å². The fourth-order valence-corrected chi connectivity index (χ4v) is 2.49. The molecule has 1 N–H and O–H groups in total.